The molecule has 1 atom stereocenters. The van der Waals surface area contributed by atoms with Gasteiger partial charge in [-0.05, 0) is 35.2 Å². The van der Waals surface area contributed by atoms with Crippen LogP contribution in [0.1, 0.15) is 39.6 Å². The van der Waals surface area contributed by atoms with E-state index in [9.17, 15) is 4.79 Å². The molecular weight excluding hydrogens is 389 g/mol. The van der Waals surface area contributed by atoms with E-state index in [1.807, 2.05) is 18.2 Å². The second-order valence-corrected chi connectivity index (χ2v) is 6.85. The minimum Gasteiger partial charge on any atom is -0.343 e. The Morgan fingerprint density at radius 2 is 1.92 bits per heavy atom. The third kappa shape index (κ3) is 5.17. The summed E-state index contributed by atoms with van der Waals surface area (Å²) in [7, 11) is 0. The summed E-state index contributed by atoms with van der Waals surface area (Å²) in [6.45, 7) is 2.45. The summed E-state index contributed by atoms with van der Waals surface area (Å²) in [5.74, 6) is -0.113. The van der Waals surface area contributed by atoms with Crippen LogP contribution < -0.4 is 11.1 Å². The van der Waals surface area contributed by atoms with Crippen LogP contribution in [-0.2, 0) is 6.42 Å². The first-order valence-corrected chi connectivity index (χ1v) is 8.97. The summed E-state index contributed by atoms with van der Waals surface area (Å²) in [6, 6.07) is 14.1. The van der Waals surface area contributed by atoms with Gasteiger partial charge in [0.25, 0.3) is 5.91 Å². The average Bonchev–Trinajstić information content (AvgIpc) is 3.08. The Bertz CT molecular complexity index is 853. The Kier molecular flexibility index (Phi) is 9.02. The van der Waals surface area contributed by atoms with Crippen LogP contribution >= 0.6 is 36.2 Å². The molecule has 1 amide bonds. The van der Waals surface area contributed by atoms with E-state index in [1.165, 1.54) is 16.7 Å². The molecule has 2 aromatic carbocycles. The number of carbonyl (C=O) groups is 1. The van der Waals surface area contributed by atoms with Crippen LogP contribution in [0.25, 0.3) is 10.8 Å². The number of aryl methyl sites for hydroxylation is 1. The fraction of sp³-hybridized carbons (Fsp3) is 0.263. The topological polar surface area (TPSA) is 68.0 Å². The Morgan fingerprint density at radius 1 is 1.19 bits per heavy atom. The van der Waals surface area contributed by atoms with Gasteiger partial charge in [-0.2, -0.15) is 0 Å². The molecule has 140 valence electrons. The zero-order valence-electron chi connectivity index (χ0n) is 14.5. The van der Waals surface area contributed by atoms with Crippen molar-refractivity contribution in [3.8, 4) is 0 Å². The zero-order valence-corrected chi connectivity index (χ0v) is 16.9. The molecule has 3 rings (SSSR count). The molecule has 0 spiro atoms. The van der Waals surface area contributed by atoms with E-state index in [2.05, 4.69) is 41.5 Å². The average molecular weight is 412 g/mol. The molecule has 0 aliphatic carbocycles. The molecule has 1 heterocycles. The summed E-state index contributed by atoms with van der Waals surface area (Å²) < 4.78 is 0. The molecule has 3 N–H and O–H groups in total. The van der Waals surface area contributed by atoms with Gasteiger partial charge in [0.2, 0.25) is 0 Å². The van der Waals surface area contributed by atoms with E-state index in [0.29, 0.717) is 11.4 Å². The summed E-state index contributed by atoms with van der Waals surface area (Å²) in [5.41, 5.74) is 6.92. The van der Waals surface area contributed by atoms with Crippen molar-refractivity contribution in [1.29, 1.82) is 0 Å². The van der Waals surface area contributed by atoms with Crippen molar-refractivity contribution in [3.63, 3.8) is 0 Å². The third-order valence-corrected chi connectivity index (χ3v) is 5.01. The Hall–Kier alpha value is -1.66. The Balaban J connectivity index is 0.00000169. The smallest absolute Gasteiger partial charge is 0.263 e. The van der Waals surface area contributed by atoms with Crippen molar-refractivity contribution >= 4 is 52.8 Å². The van der Waals surface area contributed by atoms with Crippen LogP contribution in [0.5, 0.6) is 0 Å². The number of thiazole rings is 1. The number of aromatic nitrogens is 1. The fourth-order valence-electron chi connectivity index (χ4n) is 2.68. The van der Waals surface area contributed by atoms with Gasteiger partial charge in [0, 0.05) is 6.54 Å². The maximum Gasteiger partial charge on any atom is 0.263 e. The van der Waals surface area contributed by atoms with Gasteiger partial charge in [-0.15, -0.1) is 36.2 Å². The van der Waals surface area contributed by atoms with Crippen LogP contribution in [0.4, 0.5) is 0 Å². The van der Waals surface area contributed by atoms with Gasteiger partial charge in [-0.25, -0.2) is 4.98 Å². The highest BCUT2D eigenvalue weighted by atomic mass is 35.5. The van der Waals surface area contributed by atoms with E-state index < -0.39 is 0 Å². The molecule has 1 aromatic heterocycles. The fourth-order valence-corrected chi connectivity index (χ4v) is 3.60. The molecule has 4 nitrogen and oxygen atoms in total. The molecule has 1 unspecified atom stereocenters. The van der Waals surface area contributed by atoms with Crippen molar-refractivity contribution in [2.75, 3.05) is 6.54 Å². The van der Waals surface area contributed by atoms with E-state index >= 15 is 0 Å². The first-order chi connectivity index (χ1) is 11.7. The number of hydrogen-bond acceptors (Lipinski definition) is 4. The number of benzene rings is 2. The SMILES string of the molecule is CCCc1ncc(C(=O)NC(CN)c2ccc3ccccc3c2)s1.Cl.Cl. The number of rotatable bonds is 6. The van der Waals surface area contributed by atoms with Gasteiger partial charge in [0.1, 0.15) is 4.88 Å². The second kappa shape index (κ2) is 10.5. The van der Waals surface area contributed by atoms with Gasteiger partial charge < -0.3 is 11.1 Å². The summed E-state index contributed by atoms with van der Waals surface area (Å²) in [6.07, 6.45) is 3.58. The molecule has 0 saturated carbocycles. The lowest BCUT2D eigenvalue weighted by atomic mass is 10.0. The minimum absolute atomic E-state index is 0. The molecule has 0 saturated heterocycles. The first kappa shape index (κ1) is 22.4. The van der Waals surface area contributed by atoms with E-state index in [-0.39, 0.29) is 36.8 Å². The zero-order chi connectivity index (χ0) is 16.9. The third-order valence-electron chi connectivity index (χ3n) is 3.96. The number of amides is 1. The van der Waals surface area contributed by atoms with Crippen LogP contribution in [0.2, 0.25) is 0 Å². The number of hydrogen-bond donors (Lipinski definition) is 2. The number of halogens is 2. The molecule has 3 aromatic rings. The van der Waals surface area contributed by atoms with Gasteiger partial charge in [-0.3, -0.25) is 4.79 Å². The highest BCUT2D eigenvalue weighted by molar-refractivity contribution is 7.13. The summed E-state index contributed by atoms with van der Waals surface area (Å²) in [5, 5.41) is 6.34. The molecule has 26 heavy (non-hydrogen) atoms. The summed E-state index contributed by atoms with van der Waals surface area (Å²) >= 11 is 1.45. The predicted molar refractivity (Wildman–Crippen MR) is 114 cm³/mol. The quantitative estimate of drug-likeness (QED) is 0.626. The largest absolute Gasteiger partial charge is 0.343 e. The monoisotopic (exact) mass is 411 g/mol. The van der Waals surface area contributed by atoms with E-state index in [1.54, 1.807) is 6.20 Å². The maximum absolute atomic E-state index is 12.5. The predicted octanol–water partition coefficient (Wildman–Crippen LogP) is 4.52. The van der Waals surface area contributed by atoms with Gasteiger partial charge in [0.15, 0.2) is 0 Å². The Labute approximate surface area is 170 Å². The van der Waals surface area contributed by atoms with Crippen molar-refractivity contribution in [2.45, 2.75) is 25.8 Å². The first-order valence-electron chi connectivity index (χ1n) is 8.15. The van der Waals surface area contributed by atoms with Gasteiger partial charge >= 0.3 is 0 Å². The Morgan fingerprint density at radius 3 is 2.62 bits per heavy atom. The highest BCUT2D eigenvalue weighted by Crippen LogP contribution is 2.21. The van der Waals surface area contributed by atoms with Gasteiger partial charge in [0.05, 0.1) is 17.2 Å². The highest BCUT2D eigenvalue weighted by Gasteiger charge is 2.17. The molecule has 0 aliphatic rings. The molecule has 0 radical (unpaired) electrons. The van der Waals surface area contributed by atoms with Crippen LogP contribution in [0.3, 0.4) is 0 Å². The van der Waals surface area contributed by atoms with Crippen LogP contribution in [-0.4, -0.2) is 17.4 Å². The standard InChI is InChI=1S/C19H21N3OS.2ClH/c1-2-5-18-21-12-17(24-18)19(23)22-16(11-20)15-9-8-13-6-3-4-7-14(13)10-15;;/h3-4,6-10,12,16H,2,5,11,20H2,1H3,(H,22,23);2*1H. The van der Waals surface area contributed by atoms with Crippen molar-refractivity contribution in [2.24, 2.45) is 5.73 Å². The minimum atomic E-state index is -0.209. The van der Waals surface area contributed by atoms with Gasteiger partial charge in [-0.1, -0.05) is 43.3 Å². The van der Waals surface area contributed by atoms with E-state index in [0.717, 1.165) is 28.8 Å². The summed E-state index contributed by atoms with van der Waals surface area (Å²) in [4.78, 5) is 17.4. The lowest BCUT2D eigenvalue weighted by Crippen LogP contribution is -2.33. The van der Waals surface area contributed by atoms with Crippen molar-refractivity contribution < 1.29 is 4.79 Å². The van der Waals surface area contributed by atoms with Crippen LogP contribution in [0, 0.1) is 0 Å². The number of nitrogens with zero attached hydrogens (tertiary/aromatic N) is 1. The molecule has 0 fully saturated rings. The second-order valence-electron chi connectivity index (χ2n) is 5.74. The molecule has 0 bridgehead atoms. The lowest BCUT2D eigenvalue weighted by Gasteiger charge is -2.17. The normalized spacial score (nSPS) is 11.3. The number of fused-ring (bicyclic) bond motifs is 1. The van der Waals surface area contributed by atoms with E-state index in [4.69, 9.17) is 5.73 Å². The molecular formula is C19H23Cl2N3OS. The maximum atomic E-state index is 12.5. The van der Waals surface area contributed by atoms with Crippen molar-refractivity contribution in [1.82, 2.24) is 10.3 Å². The number of nitrogens with one attached hydrogen (secondary N) is 1. The van der Waals surface area contributed by atoms with Crippen LogP contribution in [0.15, 0.2) is 48.7 Å². The van der Waals surface area contributed by atoms with Crippen molar-refractivity contribution in [3.05, 3.63) is 64.1 Å². The number of nitrogens with two attached hydrogens (primary N) is 1. The molecule has 0 aliphatic heterocycles. The number of carbonyl (C=O) groups excluding carboxylic acids is 1. The molecule has 7 heteroatoms. The lowest BCUT2D eigenvalue weighted by molar-refractivity contribution is 0.0941.